The Morgan fingerprint density at radius 3 is 2.70 bits per heavy atom. The van der Waals surface area contributed by atoms with Crippen LogP contribution in [0.2, 0.25) is 5.02 Å². The average Bonchev–Trinajstić information content (AvgIpc) is 3.02. The Hall–Kier alpha value is -3.47. The molecule has 0 atom stereocenters. The molecule has 1 aromatic carbocycles. The van der Waals surface area contributed by atoms with E-state index < -0.39 is 41.5 Å². The summed E-state index contributed by atoms with van der Waals surface area (Å²) >= 11 is 5.66. The topological polar surface area (TPSA) is 154 Å². The van der Waals surface area contributed by atoms with Crippen LogP contribution in [0.4, 0.5) is 11.6 Å². The van der Waals surface area contributed by atoms with Crippen LogP contribution in [0.3, 0.4) is 0 Å². The third-order valence-electron chi connectivity index (χ3n) is 3.05. The first kappa shape index (κ1) is 19.8. The van der Waals surface area contributed by atoms with Crippen molar-refractivity contribution in [3.63, 3.8) is 0 Å². The number of amides is 2. The lowest BCUT2D eigenvalue weighted by atomic mass is 10.2. The highest BCUT2D eigenvalue weighted by molar-refractivity contribution is 6.32. The van der Waals surface area contributed by atoms with Crippen LogP contribution in [0.5, 0.6) is 0 Å². The van der Waals surface area contributed by atoms with Gasteiger partial charge in [0.1, 0.15) is 11.6 Å². The molecule has 27 heavy (non-hydrogen) atoms. The molecule has 142 valence electrons. The van der Waals surface area contributed by atoms with Crippen molar-refractivity contribution in [1.29, 1.82) is 0 Å². The maximum atomic E-state index is 11.9. The Bertz CT molecular complexity index is 896. The number of nitrogens with one attached hydrogen (secondary N) is 2. The average molecular weight is 397 g/mol. The number of carbonyl (C=O) groups excluding carboxylic acids is 3. The zero-order chi connectivity index (χ0) is 20.0. The van der Waals surface area contributed by atoms with Crippen LogP contribution in [0.25, 0.3) is 0 Å². The van der Waals surface area contributed by atoms with Crippen molar-refractivity contribution >= 4 is 41.0 Å². The van der Waals surface area contributed by atoms with Gasteiger partial charge in [0, 0.05) is 17.7 Å². The van der Waals surface area contributed by atoms with E-state index in [4.69, 9.17) is 20.9 Å². The van der Waals surface area contributed by atoms with Gasteiger partial charge in [0.05, 0.1) is 10.6 Å². The summed E-state index contributed by atoms with van der Waals surface area (Å²) in [5, 5.41) is 18.8. The summed E-state index contributed by atoms with van der Waals surface area (Å²) in [6.45, 7) is 0.530. The number of aryl methyl sites for hydroxylation is 1. The summed E-state index contributed by atoms with van der Waals surface area (Å²) in [5.41, 5.74) is 0.0657. The molecule has 0 saturated heterocycles. The van der Waals surface area contributed by atoms with Crippen molar-refractivity contribution in [1.82, 2.24) is 10.5 Å². The molecule has 2 aromatic rings. The van der Waals surface area contributed by atoms with Crippen molar-refractivity contribution in [2.45, 2.75) is 6.92 Å². The zero-order valence-electron chi connectivity index (χ0n) is 13.9. The minimum Gasteiger partial charge on any atom is -0.454 e. The number of ether oxygens (including phenoxy) is 1. The third kappa shape index (κ3) is 5.78. The zero-order valence-corrected chi connectivity index (χ0v) is 14.6. The van der Waals surface area contributed by atoms with Gasteiger partial charge in [-0.3, -0.25) is 29.8 Å². The number of hydrogen-bond donors (Lipinski definition) is 2. The summed E-state index contributed by atoms with van der Waals surface area (Å²) in [6.07, 6.45) is 0. The molecular formula is C15H13ClN4O7. The molecule has 0 fully saturated rings. The largest absolute Gasteiger partial charge is 0.454 e. The van der Waals surface area contributed by atoms with E-state index in [0.717, 1.165) is 6.07 Å². The molecule has 2 rings (SSSR count). The van der Waals surface area contributed by atoms with Gasteiger partial charge < -0.3 is 14.6 Å². The molecule has 0 saturated carbocycles. The van der Waals surface area contributed by atoms with Crippen LogP contribution in [0.1, 0.15) is 16.1 Å². The summed E-state index contributed by atoms with van der Waals surface area (Å²) in [6, 6.07) is 4.92. The van der Waals surface area contributed by atoms with E-state index in [0.29, 0.717) is 5.69 Å². The van der Waals surface area contributed by atoms with Gasteiger partial charge in [-0.15, -0.1) is 0 Å². The van der Waals surface area contributed by atoms with Crippen molar-refractivity contribution in [2.24, 2.45) is 0 Å². The summed E-state index contributed by atoms with van der Waals surface area (Å²) < 4.78 is 9.46. The highest BCUT2D eigenvalue weighted by Crippen LogP contribution is 2.24. The van der Waals surface area contributed by atoms with E-state index in [-0.39, 0.29) is 16.5 Å². The first-order valence-electron chi connectivity index (χ1n) is 7.37. The lowest BCUT2D eigenvalue weighted by molar-refractivity contribution is -0.384. The van der Waals surface area contributed by atoms with Crippen molar-refractivity contribution in [2.75, 3.05) is 18.5 Å². The van der Waals surface area contributed by atoms with E-state index in [1.807, 2.05) is 0 Å². The number of nitro groups is 1. The maximum Gasteiger partial charge on any atom is 0.325 e. The first-order chi connectivity index (χ1) is 12.8. The van der Waals surface area contributed by atoms with Gasteiger partial charge >= 0.3 is 5.97 Å². The Morgan fingerprint density at radius 2 is 2.07 bits per heavy atom. The minimum atomic E-state index is -0.879. The predicted molar refractivity (Wildman–Crippen MR) is 91.3 cm³/mol. The number of rotatable bonds is 7. The number of nitro benzene ring substituents is 1. The van der Waals surface area contributed by atoms with Crippen LogP contribution in [0, 0.1) is 17.0 Å². The molecule has 0 bridgehead atoms. The predicted octanol–water partition coefficient (Wildman–Crippen LogP) is 1.46. The van der Waals surface area contributed by atoms with Gasteiger partial charge in [0.15, 0.2) is 6.61 Å². The van der Waals surface area contributed by atoms with Gasteiger partial charge in [-0.25, -0.2) is 0 Å². The van der Waals surface area contributed by atoms with Crippen LogP contribution in [-0.4, -0.2) is 41.0 Å². The summed E-state index contributed by atoms with van der Waals surface area (Å²) in [4.78, 5) is 45.2. The summed E-state index contributed by atoms with van der Waals surface area (Å²) in [5.74, 6) is -2.17. The highest BCUT2D eigenvalue weighted by Gasteiger charge is 2.17. The monoisotopic (exact) mass is 396 g/mol. The molecule has 1 aromatic heterocycles. The molecule has 2 amide bonds. The normalized spacial score (nSPS) is 10.1. The number of carbonyl (C=O) groups is 3. The van der Waals surface area contributed by atoms with Crippen molar-refractivity contribution in [3.05, 3.63) is 50.7 Å². The fourth-order valence-electron chi connectivity index (χ4n) is 1.84. The summed E-state index contributed by atoms with van der Waals surface area (Å²) in [7, 11) is 0. The number of halogens is 1. The molecule has 11 nitrogen and oxygen atoms in total. The first-order valence-corrected chi connectivity index (χ1v) is 7.75. The SMILES string of the molecule is Cc1cc(NC(=O)COC(=O)CNC(=O)c2ccc(Cl)c([N+](=O)[O-])c2)on1. The fourth-order valence-corrected chi connectivity index (χ4v) is 2.03. The Balaban J connectivity index is 1.79. The Morgan fingerprint density at radius 1 is 1.33 bits per heavy atom. The van der Waals surface area contributed by atoms with Gasteiger partial charge in [-0.1, -0.05) is 16.8 Å². The standard InChI is InChI=1S/C15H13ClN4O7/c1-8-4-13(27-19-8)18-12(21)7-26-14(22)6-17-15(23)9-2-3-10(16)11(5-9)20(24)25/h2-5H,6-7H2,1H3,(H,17,23)(H,18,21). The molecule has 1 heterocycles. The lowest BCUT2D eigenvalue weighted by Crippen LogP contribution is -2.32. The molecule has 2 N–H and O–H groups in total. The smallest absolute Gasteiger partial charge is 0.325 e. The van der Waals surface area contributed by atoms with E-state index in [1.165, 1.54) is 18.2 Å². The molecular weight excluding hydrogens is 384 g/mol. The molecule has 0 unspecified atom stereocenters. The fraction of sp³-hybridized carbons (Fsp3) is 0.200. The molecule has 0 spiro atoms. The number of esters is 1. The van der Waals surface area contributed by atoms with Crippen LogP contribution < -0.4 is 10.6 Å². The number of benzene rings is 1. The second-order valence-electron chi connectivity index (χ2n) is 5.15. The molecule has 0 aliphatic carbocycles. The van der Waals surface area contributed by atoms with Crippen LogP contribution in [0.15, 0.2) is 28.8 Å². The van der Waals surface area contributed by atoms with Crippen LogP contribution >= 0.6 is 11.6 Å². The van der Waals surface area contributed by atoms with Gasteiger partial charge in [0.2, 0.25) is 5.88 Å². The van der Waals surface area contributed by atoms with Gasteiger partial charge in [-0.2, -0.15) is 0 Å². The van der Waals surface area contributed by atoms with E-state index in [1.54, 1.807) is 6.92 Å². The van der Waals surface area contributed by atoms with E-state index >= 15 is 0 Å². The van der Waals surface area contributed by atoms with E-state index in [2.05, 4.69) is 15.8 Å². The maximum absolute atomic E-state index is 11.9. The number of anilines is 1. The number of aromatic nitrogens is 1. The molecule has 0 aliphatic rings. The highest BCUT2D eigenvalue weighted by atomic mass is 35.5. The van der Waals surface area contributed by atoms with Crippen LogP contribution in [-0.2, 0) is 14.3 Å². The quantitative estimate of drug-likeness (QED) is 0.405. The molecule has 0 radical (unpaired) electrons. The minimum absolute atomic E-state index is 0.0580. The van der Waals surface area contributed by atoms with Crippen molar-refractivity contribution in [3.8, 4) is 0 Å². The van der Waals surface area contributed by atoms with Gasteiger partial charge in [0.25, 0.3) is 17.5 Å². The second-order valence-corrected chi connectivity index (χ2v) is 5.55. The van der Waals surface area contributed by atoms with E-state index in [9.17, 15) is 24.5 Å². The Labute approximate surface area is 156 Å². The molecule has 12 heteroatoms. The molecule has 0 aliphatic heterocycles. The number of hydrogen-bond acceptors (Lipinski definition) is 8. The lowest BCUT2D eigenvalue weighted by Gasteiger charge is -2.06. The number of nitrogens with zero attached hydrogens (tertiary/aromatic N) is 2. The second kappa shape index (κ2) is 8.76. The Kier molecular flexibility index (Phi) is 6.44. The third-order valence-corrected chi connectivity index (χ3v) is 3.37. The van der Waals surface area contributed by atoms with Crippen molar-refractivity contribution < 1.29 is 28.6 Å². The van der Waals surface area contributed by atoms with Gasteiger partial charge in [-0.05, 0) is 19.1 Å².